The molecule has 0 aliphatic carbocycles. The van der Waals surface area contributed by atoms with Crippen LogP contribution in [-0.2, 0) is 17.8 Å². The molecule has 0 radical (unpaired) electrons. The Kier molecular flexibility index (Phi) is 4.13. The second kappa shape index (κ2) is 6.00. The van der Waals surface area contributed by atoms with Crippen LogP contribution in [0.15, 0.2) is 48.5 Å². The predicted octanol–water partition coefficient (Wildman–Crippen LogP) is 2.27. The van der Waals surface area contributed by atoms with Crippen LogP contribution >= 0.6 is 0 Å². The van der Waals surface area contributed by atoms with E-state index in [-0.39, 0.29) is 18.1 Å². The van der Waals surface area contributed by atoms with E-state index in [4.69, 9.17) is 5.73 Å². The first-order valence-corrected chi connectivity index (χ1v) is 5.99. The maximum atomic E-state index is 12.7. The molecule has 0 heterocycles. The summed E-state index contributed by atoms with van der Waals surface area (Å²) in [6.45, 7) is 0.459. The average Bonchev–Trinajstić information content (AvgIpc) is 2.41. The Morgan fingerprint density at radius 2 is 1.58 bits per heavy atom. The summed E-state index contributed by atoms with van der Waals surface area (Å²) in [6.07, 6.45) is 0.245. The maximum Gasteiger partial charge on any atom is 0.224 e. The molecule has 2 rings (SSSR count). The van der Waals surface area contributed by atoms with Crippen LogP contribution in [0.5, 0.6) is 0 Å². The van der Waals surface area contributed by atoms with Gasteiger partial charge in [0.2, 0.25) is 5.91 Å². The van der Waals surface area contributed by atoms with E-state index in [1.165, 1.54) is 12.1 Å². The highest BCUT2D eigenvalue weighted by Gasteiger charge is 2.03. The number of hydrogen-bond donors (Lipinski definition) is 2. The van der Waals surface area contributed by atoms with Gasteiger partial charge in [-0.3, -0.25) is 4.79 Å². The molecule has 3 nitrogen and oxygen atoms in total. The molecular formula is C15H15FN2O. The summed E-state index contributed by atoms with van der Waals surface area (Å²) in [4.78, 5) is 11.7. The largest absolute Gasteiger partial charge is 0.399 e. The number of benzene rings is 2. The second-order valence-corrected chi connectivity index (χ2v) is 4.32. The predicted molar refractivity (Wildman–Crippen MR) is 72.8 cm³/mol. The fourth-order valence-corrected chi connectivity index (χ4v) is 1.69. The van der Waals surface area contributed by atoms with Crippen molar-refractivity contribution in [2.75, 3.05) is 5.73 Å². The van der Waals surface area contributed by atoms with Crippen molar-refractivity contribution in [3.63, 3.8) is 0 Å². The van der Waals surface area contributed by atoms with Gasteiger partial charge in [-0.15, -0.1) is 0 Å². The van der Waals surface area contributed by atoms with Gasteiger partial charge in [0.05, 0.1) is 6.42 Å². The number of rotatable bonds is 4. The Labute approximate surface area is 111 Å². The fraction of sp³-hybridized carbons (Fsp3) is 0.133. The standard InChI is InChI=1S/C15H15FN2O/c16-13-5-1-11(2-6-13)9-15(19)18-10-12-3-7-14(17)8-4-12/h1-8H,9-10,17H2,(H,18,19). The van der Waals surface area contributed by atoms with E-state index < -0.39 is 0 Å². The van der Waals surface area contributed by atoms with Crippen molar-refractivity contribution in [2.45, 2.75) is 13.0 Å². The lowest BCUT2D eigenvalue weighted by Gasteiger charge is -2.06. The minimum Gasteiger partial charge on any atom is -0.399 e. The molecule has 19 heavy (non-hydrogen) atoms. The van der Waals surface area contributed by atoms with E-state index in [1.807, 2.05) is 12.1 Å². The van der Waals surface area contributed by atoms with Gasteiger partial charge in [0.25, 0.3) is 0 Å². The van der Waals surface area contributed by atoms with Gasteiger partial charge in [0.1, 0.15) is 5.82 Å². The smallest absolute Gasteiger partial charge is 0.224 e. The van der Waals surface area contributed by atoms with Crippen LogP contribution in [0.4, 0.5) is 10.1 Å². The molecule has 98 valence electrons. The molecule has 0 bridgehead atoms. The number of carbonyl (C=O) groups excluding carboxylic acids is 1. The summed E-state index contributed by atoms with van der Waals surface area (Å²) in [5, 5.41) is 2.81. The van der Waals surface area contributed by atoms with Gasteiger partial charge in [-0.05, 0) is 35.4 Å². The van der Waals surface area contributed by atoms with Crippen LogP contribution in [0, 0.1) is 5.82 Å². The molecule has 0 unspecified atom stereocenters. The number of halogens is 1. The number of anilines is 1. The van der Waals surface area contributed by atoms with Crippen LogP contribution in [0.3, 0.4) is 0 Å². The van der Waals surface area contributed by atoms with Crippen molar-refractivity contribution >= 4 is 11.6 Å². The topological polar surface area (TPSA) is 55.1 Å². The van der Waals surface area contributed by atoms with Crippen LogP contribution in [0.1, 0.15) is 11.1 Å². The zero-order valence-electron chi connectivity index (χ0n) is 10.4. The third kappa shape index (κ3) is 4.10. The molecule has 0 spiro atoms. The quantitative estimate of drug-likeness (QED) is 0.826. The zero-order valence-corrected chi connectivity index (χ0v) is 10.4. The summed E-state index contributed by atoms with van der Waals surface area (Å²) >= 11 is 0. The van der Waals surface area contributed by atoms with Crippen molar-refractivity contribution in [1.82, 2.24) is 5.32 Å². The van der Waals surface area contributed by atoms with Crippen LogP contribution in [-0.4, -0.2) is 5.91 Å². The van der Waals surface area contributed by atoms with E-state index in [0.29, 0.717) is 12.2 Å². The van der Waals surface area contributed by atoms with E-state index >= 15 is 0 Å². The number of carbonyl (C=O) groups is 1. The highest BCUT2D eigenvalue weighted by molar-refractivity contribution is 5.78. The maximum absolute atomic E-state index is 12.7. The molecule has 3 N–H and O–H groups in total. The van der Waals surface area contributed by atoms with E-state index in [0.717, 1.165) is 11.1 Å². The summed E-state index contributed by atoms with van der Waals surface area (Å²) in [6, 6.07) is 13.2. The molecule has 0 atom stereocenters. The Morgan fingerprint density at radius 1 is 1.00 bits per heavy atom. The number of nitrogen functional groups attached to an aromatic ring is 1. The van der Waals surface area contributed by atoms with Gasteiger partial charge in [0, 0.05) is 12.2 Å². The average molecular weight is 258 g/mol. The SMILES string of the molecule is Nc1ccc(CNC(=O)Cc2ccc(F)cc2)cc1. The molecule has 2 aromatic carbocycles. The highest BCUT2D eigenvalue weighted by atomic mass is 19.1. The minimum atomic E-state index is -0.300. The first-order valence-electron chi connectivity index (χ1n) is 5.99. The molecule has 1 amide bonds. The lowest BCUT2D eigenvalue weighted by molar-refractivity contribution is -0.120. The van der Waals surface area contributed by atoms with Gasteiger partial charge in [-0.2, -0.15) is 0 Å². The summed E-state index contributed by atoms with van der Waals surface area (Å²) < 4.78 is 12.7. The van der Waals surface area contributed by atoms with Crippen molar-refractivity contribution in [3.8, 4) is 0 Å². The number of nitrogens with two attached hydrogens (primary N) is 1. The normalized spacial score (nSPS) is 10.2. The molecule has 0 fully saturated rings. The van der Waals surface area contributed by atoms with E-state index in [1.54, 1.807) is 24.3 Å². The van der Waals surface area contributed by atoms with Gasteiger partial charge in [-0.1, -0.05) is 24.3 Å². The van der Waals surface area contributed by atoms with Gasteiger partial charge in [-0.25, -0.2) is 4.39 Å². The molecule has 0 aromatic heterocycles. The van der Waals surface area contributed by atoms with Gasteiger partial charge >= 0.3 is 0 Å². The van der Waals surface area contributed by atoms with Crippen molar-refractivity contribution in [2.24, 2.45) is 0 Å². The lowest BCUT2D eigenvalue weighted by Crippen LogP contribution is -2.24. The van der Waals surface area contributed by atoms with Crippen LogP contribution < -0.4 is 11.1 Å². The Balaban J connectivity index is 1.84. The number of nitrogens with one attached hydrogen (secondary N) is 1. The third-order valence-electron chi connectivity index (χ3n) is 2.75. The van der Waals surface area contributed by atoms with Crippen molar-refractivity contribution in [3.05, 3.63) is 65.5 Å². The van der Waals surface area contributed by atoms with E-state index in [2.05, 4.69) is 5.32 Å². The monoisotopic (exact) mass is 258 g/mol. The molecule has 0 aliphatic rings. The van der Waals surface area contributed by atoms with Gasteiger partial charge in [0.15, 0.2) is 0 Å². The summed E-state index contributed by atoms with van der Waals surface area (Å²) in [5.41, 5.74) is 8.05. The Hall–Kier alpha value is -2.36. The van der Waals surface area contributed by atoms with Crippen molar-refractivity contribution < 1.29 is 9.18 Å². The second-order valence-electron chi connectivity index (χ2n) is 4.32. The highest BCUT2D eigenvalue weighted by Crippen LogP contribution is 2.06. The molecule has 0 saturated heterocycles. The van der Waals surface area contributed by atoms with Crippen LogP contribution in [0.2, 0.25) is 0 Å². The zero-order chi connectivity index (χ0) is 13.7. The molecular weight excluding hydrogens is 243 g/mol. The molecule has 2 aromatic rings. The Morgan fingerprint density at radius 3 is 2.21 bits per heavy atom. The lowest BCUT2D eigenvalue weighted by atomic mass is 10.1. The number of amides is 1. The molecule has 0 saturated carbocycles. The Bertz CT molecular complexity index is 549. The van der Waals surface area contributed by atoms with E-state index in [9.17, 15) is 9.18 Å². The fourth-order valence-electron chi connectivity index (χ4n) is 1.69. The summed E-state index contributed by atoms with van der Waals surface area (Å²) in [5.74, 6) is -0.394. The minimum absolute atomic E-state index is 0.0940. The van der Waals surface area contributed by atoms with Gasteiger partial charge < -0.3 is 11.1 Å². The molecule has 4 heteroatoms. The first kappa shape index (κ1) is 13.1. The molecule has 0 aliphatic heterocycles. The van der Waals surface area contributed by atoms with Crippen LogP contribution in [0.25, 0.3) is 0 Å². The third-order valence-corrected chi connectivity index (χ3v) is 2.75. The first-order chi connectivity index (χ1) is 9.13. The van der Waals surface area contributed by atoms with Crippen molar-refractivity contribution in [1.29, 1.82) is 0 Å². The summed E-state index contributed by atoms with van der Waals surface area (Å²) in [7, 11) is 0. The number of hydrogen-bond acceptors (Lipinski definition) is 2.